The number of benzene rings is 1. The summed E-state index contributed by atoms with van der Waals surface area (Å²) in [4.78, 5) is 36.2. The normalized spacial score (nSPS) is 17.8. The third-order valence-electron chi connectivity index (χ3n) is 3.59. The number of carboxylic acid groups (broad SMARTS) is 1. The van der Waals surface area contributed by atoms with Crippen LogP contribution in [-0.2, 0) is 9.59 Å². The van der Waals surface area contributed by atoms with Crippen LogP contribution in [0.5, 0.6) is 0 Å². The number of hydrogen-bond acceptors (Lipinski definition) is 3. The lowest BCUT2D eigenvalue weighted by Crippen LogP contribution is -2.40. The van der Waals surface area contributed by atoms with E-state index in [1.807, 2.05) is 0 Å². The number of rotatable bonds is 5. The van der Waals surface area contributed by atoms with Gasteiger partial charge in [0.1, 0.15) is 11.9 Å². The maximum Gasteiger partial charge on any atom is 0.326 e. The van der Waals surface area contributed by atoms with Gasteiger partial charge in [-0.15, -0.1) is 0 Å². The standard InChI is InChI=1S/C15H16FNO4/c16-11-5-3-10(4-6-11)13(18)7-8-14(19)17-9-1-2-12(17)15(20)21/h3-6,12H,1-2,7-9H2,(H,20,21)/t12-/m1/s1. The Morgan fingerprint density at radius 3 is 2.48 bits per heavy atom. The van der Waals surface area contributed by atoms with Gasteiger partial charge in [0, 0.05) is 24.9 Å². The van der Waals surface area contributed by atoms with Gasteiger partial charge in [0.15, 0.2) is 5.78 Å². The van der Waals surface area contributed by atoms with Gasteiger partial charge in [-0.25, -0.2) is 9.18 Å². The second-order valence-corrected chi connectivity index (χ2v) is 5.01. The zero-order chi connectivity index (χ0) is 15.4. The van der Waals surface area contributed by atoms with E-state index in [0.717, 1.165) is 0 Å². The smallest absolute Gasteiger partial charge is 0.326 e. The molecule has 0 saturated carbocycles. The van der Waals surface area contributed by atoms with Gasteiger partial charge in [0.2, 0.25) is 5.91 Å². The molecule has 0 bridgehead atoms. The number of aliphatic carboxylic acids is 1. The summed E-state index contributed by atoms with van der Waals surface area (Å²) in [5, 5.41) is 9.02. The Morgan fingerprint density at radius 2 is 1.86 bits per heavy atom. The van der Waals surface area contributed by atoms with E-state index in [1.165, 1.54) is 29.2 Å². The number of amides is 1. The lowest BCUT2D eigenvalue weighted by molar-refractivity contribution is -0.148. The maximum absolute atomic E-state index is 12.8. The molecule has 21 heavy (non-hydrogen) atoms. The molecule has 1 amide bonds. The van der Waals surface area contributed by atoms with Crippen LogP contribution in [0.3, 0.4) is 0 Å². The fraction of sp³-hybridized carbons (Fsp3) is 0.400. The Kier molecular flexibility index (Phi) is 4.67. The monoisotopic (exact) mass is 293 g/mol. The van der Waals surface area contributed by atoms with Crippen LogP contribution < -0.4 is 0 Å². The Labute approximate surface area is 121 Å². The van der Waals surface area contributed by atoms with Crippen molar-refractivity contribution in [2.75, 3.05) is 6.54 Å². The van der Waals surface area contributed by atoms with Crippen molar-refractivity contribution in [1.29, 1.82) is 0 Å². The minimum absolute atomic E-state index is 0.00664. The Hall–Kier alpha value is -2.24. The largest absolute Gasteiger partial charge is 0.480 e. The van der Waals surface area contributed by atoms with Gasteiger partial charge in [0.25, 0.3) is 0 Å². The average molecular weight is 293 g/mol. The maximum atomic E-state index is 12.8. The highest BCUT2D eigenvalue weighted by atomic mass is 19.1. The first-order valence-corrected chi connectivity index (χ1v) is 6.80. The third-order valence-corrected chi connectivity index (χ3v) is 3.59. The Balaban J connectivity index is 1.90. The molecule has 0 radical (unpaired) electrons. The van der Waals surface area contributed by atoms with Crippen LogP contribution in [0, 0.1) is 5.82 Å². The molecular weight excluding hydrogens is 277 g/mol. The van der Waals surface area contributed by atoms with Crippen molar-refractivity contribution in [1.82, 2.24) is 4.90 Å². The lowest BCUT2D eigenvalue weighted by Gasteiger charge is -2.21. The highest BCUT2D eigenvalue weighted by Crippen LogP contribution is 2.19. The van der Waals surface area contributed by atoms with Gasteiger partial charge in [-0.2, -0.15) is 0 Å². The van der Waals surface area contributed by atoms with Gasteiger partial charge >= 0.3 is 5.97 Å². The predicted octanol–water partition coefficient (Wildman–Crippen LogP) is 1.86. The predicted molar refractivity (Wildman–Crippen MR) is 72.3 cm³/mol. The molecule has 5 nitrogen and oxygen atoms in total. The molecule has 0 spiro atoms. The van der Waals surface area contributed by atoms with E-state index >= 15 is 0 Å². The van der Waals surface area contributed by atoms with Gasteiger partial charge in [-0.3, -0.25) is 9.59 Å². The van der Waals surface area contributed by atoms with E-state index in [9.17, 15) is 18.8 Å². The molecule has 1 aliphatic heterocycles. The SMILES string of the molecule is O=C(CCC(=O)N1CCC[C@@H]1C(=O)O)c1ccc(F)cc1. The molecule has 1 heterocycles. The summed E-state index contributed by atoms with van der Waals surface area (Å²) in [5.41, 5.74) is 0.348. The molecule has 1 aromatic rings. The van der Waals surface area contributed by atoms with Gasteiger partial charge < -0.3 is 10.0 Å². The van der Waals surface area contributed by atoms with Crippen LogP contribution in [0.4, 0.5) is 4.39 Å². The van der Waals surface area contributed by atoms with E-state index < -0.39 is 17.8 Å². The molecule has 1 saturated heterocycles. The van der Waals surface area contributed by atoms with E-state index in [1.54, 1.807) is 0 Å². The molecule has 112 valence electrons. The van der Waals surface area contributed by atoms with Gasteiger partial charge in [0.05, 0.1) is 0 Å². The first-order valence-electron chi connectivity index (χ1n) is 6.80. The molecule has 0 aliphatic carbocycles. The molecule has 1 aliphatic rings. The fourth-order valence-electron chi connectivity index (χ4n) is 2.47. The zero-order valence-corrected chi connectivity index (χ0v) is 11.4. The van der Waals surface area contributed by atoms with Crippen molar-refractivity contribution in [2.24, 2.45) is 0 Å². The van der Waals surface area contributed by atoms with E-state index in [0.29, 0.717) is 24.9 Å². The van der Waals surface area contributed by atoms with Crippen LogP contribution in [0.25, 0.3) is 0 Å². The van der Waals surface area contributed by atoms with Crippen molar-refractivity contribution < 1.29 is 23.9 Å². The number of likely N-dealkylation sites (tertiary alicyclic amines) is 1. The number of carbonyl (C=O) groups excluding carboxylic acids is 2. The number of halogens is 1. The molecule has 0 unspecified atom stereocenters. The first-order chi connectivity index (χ1) is 9.99. The number of ketones is 1. The minimum atomic E-state index is -1.01. The highest BCUT2D eigenvalue weighted by molar-refractivity contribution is 5.98. The van der Waals surface area contributed by atoms with Gasteiger partial charge in [-0.05, 0) is 37.1 Å². The topological polar surface area (TPSA) is 74.7 Å². The molecule has 2 rings (SSSR count). The summed E-state index contributed by atoms with van der Waals surface area (Å²) in [7, 11) is 0. The van der Waals surface area contributed by atoms with E-state index in [4.69, 9.17) is 5.11 Å². The Morgan fingerprint density at radius 1 is 1.19 bits per heavy atom. The van der Waals surface area contributed by atoms with E-state index in [2.05, 4.69) is 0 Å². The molecule has 1 aromatic carbocycles. The van der Waals surface area contributed by atoms with Gasteiger partial charge in [-0.1, -0.05) is 0 Å². The summed E-state index contributed by atoms with van der Waals surface area (Å²) in [6.07, 6.45) is 1.08. The van der Waals surface area contributed by atoms with Crippen LogP contribution in [-0.4, -0.2) is 40.3 Å². The number of carbonyl (C=O) groups is 3. The molecular formula is C15H16FNO4. The summed E-state index contributed by atoms with van der Waals surface area (Å²) in [6.45, 7) is 0.417. The number of Topliss-reactive ketones (excluding diaryl/α,β-unsaturated/α-hetero) is 1. The zero-order valence-electron chi connectivity index (χ0n) is 11.4. The summed E-state index contributed by atoms with van der Waals surface area (Å²) in [6, 6.07) is 4.35. The fourth-order valence-corrected chi connectivity index (χ4v) is 2.47. The van der Waals surface area contributed by atoms with Crippen LogP contribution in [0.15, 0.2) is 24.3 Å². The van der Waals surface area contributed by atoms with Crippen molar-refractivity contribution >= 4 is 17.7 Å². The second-order valence-electron chi connectivity index (χ2n) is 5.01. The quantitative estimate of drug-likeness (QED) is 0.841. The number of nitrogens with zero attached hydrogens (tertiary/aromatic N) is 1. The second kappa shape index (κ2) is 6.47. The molecule has 1 N–H and O–H groups in total. The van der Waals surface area contributed by atoms with Crippen molar-refractivity contribution in [3.63, 3.8) is 0 Å². The van der Waals surface area contributed by atoms with Crippen LogP contribution in [0.2, 0.25) is 0 Å². The summed E-state index contributed by atoms with van der Waals surface area (Å²) < 4.78 is 12.8. The van der Waals surface area contributed by atoms with Crippen molar-refractivity contribution in [2.45, 2.75) is 31.7 Å². The van der Waals surface area contributed by atoms with E-state index in [-0.39, 0.29) is 24.5 Å². The Bertz CT molecular complexity index is 555. The molecule has 0 aromatic heterocycles. The van der Waals surface area contributed by atoms with Crippen LogP contribution in [0.1, 0.15) is 36.0 Å². The third kappa shape index (κ3) is 3.65. The average Bonchev–Trinajstić information content (AvgIpc) is 2.95. The molecule has 1 atom stereocenters. The summed E-state index contributed by atoms with van der Waals surface area (Å²) >= 11 is 0. The molecule has 1 fully saturated rings. The van der Waals surface area contributed by atoms with Crippen molar-refractivity contribution in [3.8, 4) is 0 Å². The minimum Gasteiger partial charge on any atom is -0.480 e. The number of hydrogen-bond donors (Lipinski definition) is 1. The lowest BCUT2D eigenvalue weighted by atomic mass is 10.1. The highest BCUT2D eigenvalue weighted by Gasteiger charge is 2.33. The van der Waals surface area contributed by atoms with Crippen LogP contribution >= 0.6 is 0 Å². The molecule has 6 heteroatoms. The number of carboxylic acids is 1. The van der Waals surface area contributed by atoms with Crippen molar-refractivity contribution in [3.05, 3.63) is 35.6 Å². The summed E-state index contributed by atoms with van der Waals surface area (Å²) in [5.74, 6) is -2.01. The first kappa shape index (κ1) is 15.2.